The van der Waals surface area contributed by atoms with Gasteiger partial charge < -0.3 is 16.0 Å². The van der Waals surface area contributed by atoms with Gasteiger partial charge in [-0.3, -0.25) is 14.6 Å². The van der Waals surface area contributed by atoms with Crippen LogP contribution in [0.2, 0.25) is 0 Å². The van der Waals surface area contributed by atoms with Crippen molar-refractivity contribution in [3.8, 4) is 0 Å². The number of carbonyl (C=O) groups excluding carboxylic acids is 2. The first kappa shape index (κ1) is 12.3. The first-order valence-electron chi connectivity index (χ1n) is 5.90. The minimum atomic E-state index is -0.215. The van der Waals surface area contributed by atoms with Crippen molar-refractivity contribution in [2.24, 2.45) is 0 Å². The molecule has 1 aromatic rings. The molecule has 0 bridgehead atoms. The Bertz CT molecular complexity index is 451. The molecule has 6 nitrogen and oxygen atoms in total. The predicted octanol–water partition coefficient (Wildman–Crippen LogP) is 0.132. The van der Waals surface area contributed by atoms with Crippen LogP contribution in [-0.4, -0.2) is 36.4 Å². The summed E-state index contributed by atoms with van der Waals surface area (Å²) in [4.78, 5) is 27.0. The van der Waals surface area contributed by atoms with Crippen molar-refractivity contribution < 1.29 is 9.59 Å². The van der Waals surface area contributed by atoms with Crippen molar-refractivity contribution in [3.05, 3.63) is 24.0 Å². The molecule has 6 heteroatoms. The molecule has 0 aromatic carbocycles. The fraction of sp³-hybridized carbons (Fsp3) is 0.417. The largest absolute Gasteiger partial charge is 0.388 e. The lowest BCUT2D eigenvalue weighted by Crippen LogP contribution is -2.47. The van der Waals surface area contributed by atoms with Gasteiger partial charge in [0.05, 0.1) is 0 Å². The second-order valence-corrected chi connectivity index (χ2v) is 4.19. The number of piperidine rings is 1. The third-order valence-corrected chi connectivity index (χ3v) is 2.88. The standard InChI is InChI=1S/C12H16N4O2/c1-13-8-4-5-14-10(6-8)12(18)16-9-2-3-11(17)15-7-9/h4-6,9H,2-3,7H2,1H3,(H,13,14)(H,15,17)(H,16,18). The summed E-state index contributed by atoms with van der Waals surface area (Å²) in [6.07, 6.45) is 2.71. The zero-order valence-corrected chi connectivity index (χ0v) is 10.2. The quantitative estimate of drug-likeness (QED) is 0.710. The second kappa shape index (κ2) is 5.48. The van der Waals surface area contributed by atoms with Gasteiger partial charge in [-0.15, -0.1) is 0 Å². The lowest BCUT2D eigenvalue weighted by atomic mass is 10.1. The van der Waals surface area contributed by atoms with Crippen LogP contribution in [-0.2, 0) is 4.79 Å². The molecule has 1 aliphatic heterocycles. The maximum atomic E-state index is 11.9. The molecule has 1 atom stereocenters. The van der Waals surface area contributed by atoms with E-state index in [9.17, 15) is 9.59 Å². The molecule has 2 heterocycles. The van der Waals surface area contributed by atoms with Crippen molar-refractivity contribution in [2.75, 3.05) is 18.9 Å². The molecule has 2 rings (SSSR count). The molecule has 1 aliphatic rings. The van der Waals surface area contributed by atoms with E-state index in [1.807, 2.05) is 0 Å². The zero-order valence-electron chi connectivity index (χ0n) is 10.2. The van der Waals surface area contributed by atoms with Crippen LogP contribution in [0.1, 0.15) is 23.3 Å². The number of aromatic nitrogens is 1. The van der Waals surface area contributed by atoms with Crippen LogP contribution in [0.15, 0.2) is 18.3 Å². The normalized spacial score (nSPS) is 18.9. The fourth-order valence-corrected chi connectivity index (χ4v) is 1.83. The Kier molecular flexibility index (Phi) is 3.76. The van der Waals surface area contributed by atoms with Crippen LogP contribution in [0, 0.1) is 0 Å². The van der Waals surface area contributed by atoms with E-state index in [1.54, 1.807) is 25.4 Å². The van der Waals surface area contributed by atoms with Crippen molar-refractivity contribution in [1.82, 2.24) is 15.6 Å². The van der Waals surface area contributed by atoms with E-state index in [2.05, 4.69) is 20.9 Å². The molecule has 0 saturated carbocycles. The summed E-state index contributed by atoms with van der Waals surface area (Å²) >= 11 is 0. The Balaban J connectivity index is 1.96. The van der Waals surface area contributed by atoms with E-state index in [0.717, 1.165) is 5.69 Å². The number of hydrogen-bond donors (Lipinski definition) is 3. The number of anilines is 1. The van der Waals surface area contributed by atoms with Gasteiger partial charge in [-0.25, -0.2) is 0 Å². The Hall–Kier alpha value is -2.11. The van der Waals surface area contributed by atoms with E-state index in [4.69, 9.17) is 0 Å². The SMILES string of the molecule is CNc1ccnc(C(=O)NC2CCC(=O)NC2)c1. The molecular formula is C12H16N4O2. The average Bonchev–Trinajstić information content (AvgIpc) is 2.41. The smallest absolute Gasteiger partial charge is 0.270 e. The third-order valence-electron chi connectivity index (χ3n) is 2.88. The summed E-state index contributed by atoms with van der Waals surface area (Å²) in [5.41, 5.74) is 1.21. The van der Waals surface area contributed by atoms with Gasteiger partial charge in [0.25, 0.3) is 5.91 Å². The molecule has 0 radical (unpaired) electrons. The van der Waals surface area contributed by atoms with Crippen molar-refractivity contribution in [2.45, 2.75) is 18.9 Å². The van der Waals surface area contributed by atoms with Crippen molar-refractivity contribution in [3.63, 3.8) is 0 Å². The first-order chi connectivity index (χ1) is 8.69. The summed E-state index contributed by atoms with van der Waals surface area (Å²) < 4.78 is 0. The highest BCUT2D eigenvalue weighted by Gasteiger charge is 2.20. The van der Waals surface area contributed by atoms with Gasteiger partial charge in [-0.2, -0.15) is 0 Å². The Labute approximate surface area is 105 Å². The third kappa shape index (κ3) is 2.97. The minimum Gasteiger partial charge on any atom is -0.388 e. The number of rotatable bonds is 3. The highest BCUT2D eigenvalue weighted by atomic mass is 16.2. The Morgan fingerprint density at radius 3 is 3.06 bits per heavy atom. The maximum absolute atomic E-state index is 11.9. The topological polar surface area (TPSA) is 83.1 Å². The Morgan fingerprint density at radius 1 is 1.56 bits per heavy atom. The number of hydrogen-bond acceptors (Lipinski definition) is 4. The van der Waals surface area contributed by atoms with E-state index < -0.39 is 0 Å². The summed E-state index contributed by atoms with van der Waals surface area (Å²) in [7, 11) is 1.79. The molecule has 0 aliphatic carbocycles. The molecule has 1 fully saturated rings. The number of nitrogens with zero attached hydrogens (tertiary/aromatic N) is 1. The van der Waals surface area contributed by atoms with Gasteiger partial charge in [0.1, 0.15) is 5.69 Å². The molecule has 3 N–H and O–H groups in total. The zero-order chi connectivity index (χ0) is 13.0. The van der Waals surface area contributed by atoms with Gasteiger partial charge in [0, 0.05) is 37.9 Å². The minimum absolute atomic E-state index is 0.0183. The summed E-state index contributed by atoms with van der Waals surface area (Å²) in [5, 5.41) is 8.54. The van der Waals surface area contributed by atoms with Crippen molar-refractivity contribution in [1.29, 1.82) is 0 Å². The Morgan fingerprint density at radius 2 is 2.39 bits per heavy atom. The molecule has 18 heavy (non-hydrogen) atoms. The van der Waals surface area contributed by atoms with Crippen LogP contribution >= 0.6 is 0 Å². The predicted molar refractivity (Wildman–Crippen MR) is 67.3 cm³/mol. The number of pyridine rings is 1. The van der Waals surface area contributed by atoms with Gasteiger partial charge in [0.2, 0.25) is 5.91 Å². The molecule has 0 spiro atoms. The van der Waals surface area contributed by atoms with E-state index in [0.29, 0.717) is 25.1 Å². The number of nitrogens with one attached hydrogen (secondary N) is 3. The highest BCUT2D eigenvalue weighted by Crippen LogP contribution is 2.08. The lowest BCUT2D eigenvalue weighted by molar-refractivity contribution is -0.122. The average molecular weight is 248 g/mol. The van der Waals surface area contributed by atoms with Gasteiger partial charge in [-0.05, 0) is 18.6 Å². The van der Waals surface area contributed by atoms with Crippen LogP contribution < -0.4 is 16.0 Å². The monoisotopic (exact) mass is 248 g/mol. The van der Waals surface area contributed by atoms with E-state index in [1.165, 1.54) is 0 Å². The highest BCUT2D eigenvalue weighted by molar-refractivity contribution is 5.93. The molecule has 1 aromatic heterocycles. The van der Waals surface area contributed by atoms with E-state index in [-0.39, 0.29) is 17.9 Å². The van der Waals surface area contributed by atoms with Crippen LogP contribution in [0.3, 0.4) is 0 Å². The summed E-state index contributed by atoms with van der Waals surface area (Å²) in [6, 6.07) is 3.46. The van der Waals surface area contributed by atoms with E-state index >= 15 is 0 Å². The molecule has 2 amide bonds. The molecule has 96 valence electrons. The summed E-state index contributed by atoms with van der Waals surface area (Å²) in [5.74, 6) is -0.177. The van der Waals surface area contributed by atoms with Gasteiger partial charge >= 0.3 is 0 Å². The number of carbonyl (C=O) groups is 2. The van der Waals surface area contributed by atoms with Gasteiger partial charge in [0.15, 0.2) is 0 Å². The maximum Gasteiger partial charge on any atom is 0.270 e. The number of amides is 2. The van der Waals surface area contributed by atoms with Crippen molar-refractivity contribution >= 4 is 17.5 Å². The van der Waals surface area contributed by atoms with Crippen LogP contribution in [0.5, 0.6) is 0 Å². The molecule has 1 saturated heterocycles. The lowest BCUT2D eigenvalue weighted by Gasteiger charge is -2.23. The molecular weight excluding hydrogens is 232 g/mol. The van der Waals surface area contributed by atoms with Gasteiger partial charge in [-0.1, -0.05) is 0 Å². The first-order valence-corrected chi connectivity index (χ1v) is 5.90. The van der Waals surface area contributed by atoms with Crippen LogP contribution in [0.25, 0.3) is 0 Å². The summed E-state index contributed by atoms with van der Waals surface area (Å²) in [6.45, 7) is 0.482. The second-order valence-electron chi connectivity index (χ2n) is 4.19. The molecule has 1 unspecified atom stereocenters. The van der Waals surface area contributed by atoms with Crippen LogP contribution in [0.4, 0.5) is 5.69 Å². The fourth-order valence-electron chi connectivity index (χ4n) is 1.83.